The first-order chi connectivity index (χ1) is 10.1. The van der Waals surface area contributed by atoms with Gasteiger partial charge in [0.25, 0.3) is 0 Å². The number of fused-ring (bicyclic) bond motifs is 1. The van der Waals surface area contributed by atoms with Crippen LogP contribution >= 0.6 is 11.3 Å². The lowest BCUT2D eigenvalue weighted by Crippen LogP contribution is -2.20. The molecule has 1 unspecified atom stereocenters. The topological polar surface area (TPSA) is 38.3 Å². The van der Waals surface area contributed by atoms with Gasteiger partial charge < -0.3 is 10.1 Å². The Labute approximate surface area is 130 Å². The number of carbonyl (C=O) groups excluding carboxylic acids is 1. The van der Waals surface area contributed by atoms with Crippen molar-refractivity contribution in [3.63, 3.8) is 0 Å². The van der Waals surface area contributed by atoms with Gasteiger partial charge in [-0.25, -0.2) is 0 Å². The summed E-state index contributed by atoms with van der Waals surface area (Å²) >= 11 is 1.85. The third kappa shape index (κ3) is 4.05. The van der Waals surface area contributed by atoms with E-state index in [9.17, 15) is 4.79 Å². The first-order valence-corrected chi connectivity index (χ1v) is 8.32. The summed E-state index contributed by atoms with van der Waals surface area (Å²) in [6.45, 7) is 7.49. The van der Waals surface area contributed by atoms with E-state index < -0.39 is 0 Å². The molecule has 0 saturated heterocycles. The molecule has 0 aliphatic rings. The molecule has 1 N–H and O–H groups in total. The number of benzene rings is 1. The van der Waals surface area contributed by atoms with Crippen LogP contribution in [0.3, 0.4) is 0 Å². The summed E-state index contributed by atoms with van der Waals surface area (Å²) in [5, 5.41) is 4.85. The van der Waals surface area contributed by atoms with Crippen molar-refractivity contribution in [1.29, 1.82) is 0 Å². The zero-order valence-corrected chi connectivity index (χ0v) is 13.8. The molecule has 2 aromatic rings. The molecule has 114 valence electrons. The molecule has 0 radical (unpaired) electrons. The Kier molecular flexibility index (Phi) is 5.76. The number of rotatable bonds is 7. The highest BCUT2D eigenvalue weighted by Gasteiger charge is 2.13. The third-order valence-corrected chi connectivity index (χ3v) is 5.04. The molecule has 0 aliphatic heterocycles. The van der Waals surface area contributed by atoms with Gasteiger partial charge in [0.2, 0.25) is 0 Å². The maximum absolute atomic E-state index is 11.3. The molecule has 0 bridgehead atoms. The van der Waals surface area contributed by atoms with Crippen molar-refractivity contribution in [1.82, 2.24) is 5.32 Å². The van der Waals surface area contributed by atoms with Crippen LogP contribution in [0, 0.1) is 6.92 Å². The standard InChI is InChI=1S/C17H23NO2S/c1-4-20-16(19)10-7-11-18-13(3)17-12(2)14-8-5-6-9-15(14)21-17/h5-6,8-9,13,18H,4,7,10-11H2,1-3H3. The highest BCUT2D eigenvalue weighted by molar-refractivity contribution is 7.19. The van der Waals surface area contributed by atoms with Crippen LogP contribution < -0.4 is 5.32 Å². The Bertz CT molecular complexity index is 606. The Morgan fingerprint density at radius 2 is 2.14 bits per heavy atom. The van der Waals surface area contributed by atoms with Gasteiger partial charge in [0.15, 0.2) is 0 Å². The first kappa shape index (κ1) is 16.0. The smallest absolute Gasteiger partial charge is 0.305 e. The summed E-state index contributed by atoms with van der Waals surface area (Å²) in [7, 11) is 0. The van der Waals surface area contributed by atoms with E-state index in [0.717, 1.165) is 13.0 Å². The van der Waals surface area contributed by atoms with Gasteiger partial charge in [-0.05, 0) is 50.8 Å². The summed E-state index contributed by atoms with van der Waals surface area (Å²) in [6, 6.07) is 8.83. The van der Waals surface area contributed by atoms with E-state index in [1.54, 1.807) is 0 Å². The summed E-state index contributed by atoms with van der Waals surface area (Å²) < 4.78 is 6.27. The average Bonchev–Trinajstić information content (AvgIpc) is 2.81. The van der Waals surface area contributed by atoms with Crippen LogP contribution in [0.5, 0.6) is 0 Å². The Balaban J connectivity index is 1.89. The molecule has 1 aromatic carbocycles. The summed E-state index contributed by atoms with van der Waals surface area (Å²) in [5.74, 6) is -0.106. The summed E-state index contributed by atoms with van der Waals surface area (Å²) in [4.78, 5) is 12.7. The van der Waals surface area contributed by atoms with Crippen LogP contribution in [-0.2, 0) is 9.53 Å². The second kappa shape index (κ2) is 7.57. The SMILES string of the molecule is CCOC(=O)CCCNC(C)c1sc2ccccc2c1C. The maximum Gasteiger partial charge on any atom is 0.305 e. The highest BCUT2D eigenvalue weighted by atomic mass is 32.1. The predicted molar refractivity (Wildman–Crippen MR) is 88.8 cm³/mol. The van der Waals surface area contributed by atoms with Gasteiger partial charge in [0, 0.05) is 22.0 Å². The molecule has 2 rings (SSSR count). The number of esters is 1. The van der Waals surface area contributed by atoms with E-state index >= 15 is 0 Å². The third-order valence-electron chi connectivity index (χ3n) is 3.59. The van der Waals surface area contributed by atoms with Crippen LogP contribution in [0.25, 0.3) is 10.1 Å². The molecular weight excluding hydrogens is 282 g/mol. The number of aryl methyl sites for hydroxylation is 1. The molecule has 1 atom stereocenters. The zero-order valence-electron chi connectivity index (χ0n) is 12.9. The molecule has 4 heteroatoms. The molecule has 1 heterocycles. The van der Waals surface area contributed by atoms with Gasteiger partial charge in [0.1, 0.15) is 0 Å². The van der Waals surface area contributed by atoms with Crippen molar-refractivity contribution < 1.29 is 9.53 Å². The van der Waals surface area contributed by atoms with E-state index in [1.165, 1.54) is 20.5 Å². The zero-order chi connectivity index (χ0) is 15.2. The number of hydrogen-bond acceptors (Lipinski definition) is 4. The Morgan fingerprint density at radius 3 is 2.86 bits per heavy atom. The van der Waals surface area contributed by atoms with Crippen LogP contribution in [0.15, 0.2) is 24.3 Å². The van der Waals surface area contributed by atoms with E-state index in [-0.39, 0.29) is 5.97 Å². The fourth-order valence-electron chi connectivity index (χ4n) is 2.48. The second-order valence-corrected chi connectivity index (χ2v) is 6.26. The van der Waals surface area contributed by atoms with Crippen LogP contribution in [0.4, 0.5) is 0 Å². The van der Waals surface area contributed by atoms with E-state index in [1.807, 2.05) is 18.3 Å². The van der Waals surface area contributed by atoms with Crippen LogP contribution in [0.2, 0.25) is 0 Å². The molecule has 0 aliphatic carbocycles. The summed E-state index contributed by atoms with van der Waals surface area (Å²) in [6.07, 6.45) is 1.30. The van der Waals surface area contributed by atoms with Gasteiger partial charge in [0.05, 0.1) is 6.61 Å². The van der Waals surface area contributed by atoms with Crippen LogP contribution in [-0.4, -0.2) is 19.1 Å². The lowest BCUT2D eigenvalue weighted by Gasteiger charge is -2.13. The maximum atomic E-state index is 11.3. The number of carbonyl (C=O) groups is 1. The Hall–Kier alpha value is -1.39. The molecule has 21 heavy (non-hydrogen) atoms. The molecule has 1 aromatic heterocycles. The quantitative estimate of drug-likeness (QED) is 0.615. The van der Waals surface area contributed by atoms with Gasteiger partial charge in [-0.1, -0.05) is 18.2 Å². The normalized spacial score (nSPS) is 12.5. The molecule has 3 nitrogen and oxygen atoms in total. The molecule has 0 saturated carbocycles. The lowest BCUT2D eigenvalue weighted by molar-refractivity contribution is -0.143. The fourth-order valence-corrected chi connectivity index (χ4v) is 3.72. The average molecular weight is 305 g/mol. The van der Waals surface area contributed by atoms with Crippen molar-refractivity contribution in [2.45, 2.75) is 39.7 Å². The number of nitrogens with one attached hydrogen (secondary N) is 1. The molecule has 0 spiro atoms. The number of hydrogen-bond donors (Lipinski definition) is 1. The predicted octanol–water partition coefficient (Wildman–Crippen LogP) is 4.20. The van der Waals surface area contributed by atoms with Gasteiger partial charge in [-0.3, -0.25) is 4.79 Å². The molecule has 0 amide bonds. The van der Waals surface area contributed by atoms with E-state index in [2.05, 4.69) is 43.4 Å². The van der Waals surface area contributed by atoms with Crippen molar-refractivity contribution >= 4 is 27.4 Å². The van der Waals surface area contributed by atoms with Crippen molar-refractivity contribution in [3.8, 4) is 0 Å². The number of thiophene rings is 1. The van der Waals surface area contributed by atoms with Gasteiger partial charge in [-0.15, -0.1) is 11.3 Å². The van der Waals surface area contributed by atoms with Crippen LogP contribution in [0.1, 0.15) is 43.2 Å². The molecular formula is C17H23NO2S. The monoisotopic (exact) mass is 305 g/mol. The van der Waals surface area contributed by atoms with E-state index in [0.29, 0.717) is 19.1 Å². The first-order valence-electron chi connectivity index (χ1n) is 7.50. The van der Waals surface area contributed by atoms with Crippen molar-refractivity contribution in [3.05, 3.63) is 34.7 Å². The minimum atomic E-state index is -0.106. The summed E-state index contributed by atoms with van der Waals surface area (Å²) in [5.41, 5.74) is 1.36. The lowest BCUT2D eigenvalue weighted by atomic mass is 10.1. The van der Waals surface area contributed by atoms with Gasteiger partial charge in [-0.2, -0.15) is 0 Å². The van der Waals surface area contributed by atoms with E-state index in [4.69, 9.17) is 4.74 Å². The molecule has 0 fully saturated rings. The second-order valence-electron chi connectivity index (χ2n) is 5.17. The van der Waals surface area contributed by atoms with Gasteiger partial charge >= 0.3 is 5.97 Å². The minimum Gasteiger partial charge on any atom is -0.466 e. The number of ether oxygens (including phenoxy) is 1. The fraction of sp³-hybridized carbons (Fsp3) is 0.471. The largest absolute Gasteiger partial charge is 0.466 e. The van der Waals surface area contributed by atoms with Crippen molar-refractivity contribution in [2.24, 2.45) is 0 Å². The minimum absolute atomic E-state index is 0.106. The van der Waals surface area contributed by atoms with Crippen molar-refractivity contribution in [2.75, 3.05) is 13.2 Å². The highest BCUT2D eigenvalue weighted by Crippen LogP contribution is 2.34. The Morgan fingerprint density at radius 1 is 1.38 bits per heavy atom.